The van der Waals surface area contributed by atoms with Crippen molar-refractivity contribution in [2.75, 3.05) is 26.4 Å². The number of halogens is 2. The van der Waals surface area contributed by atoms with E-state index < -0.39 is 23.4 Å². The van der Waals surface area contributed by atoms with Gasteiger partial charge in [-0.25, -0.2) is 17.2 Å². The predicted molar refractivity (Wildman–Crippen MR) is 61.9 cm³/mol. The van der Waals surface area contributed by atoms with Crippen LogP contribution in [0.2, 0.25) is 0 Å². The molecule has 0 unspecified atom stereocenters. The van der Waals surface area contributed by atoms with Crippen LogP contribution in [0, 0.1) is 6.92 Å². The number of aryl methyl sites for hydroxylation is 1. The van der Waals surface area contributed by atoms with E-state index in [2.05, 4.69) is 0 Å². The van der Waals surface area contributed by atoms with Gasteiger partial charge < -0.3 is 0 Å². The van der Waals surface area contributed by atoms with Crippen LogP contribution < -0.4 is 0 Å². The Bertz CT molecular complexity index is 439. The van der Waals surface area contributed by atoms with Gasteiger partial charge in [0.05, 0.1) is 4.90 Å². The lowest BCUT2D eigenvalue weighted by atomic mass is 10.2. The average molecular weight is 263 g/mol. The summed E-state index contributed by atoms with van der Waals surface area (Å²) in [5, 5.41) is 0. The Morgan fingerprint density at radius 3 is 1.94 bits per heavy atom. The van der Waals surface area contributed by atoms with Crippen molar-refractivity contribution in [1.82, 2.24) is 4.31 Å². The second kappa shape index (κ2) is 6.07. The zero-order valence-electron chi connectivity index (χ0n) is 9.57. The number of nitrogens with zero attached hydrogens (tertiary/aromatic N) is 1. The van der Waals surface area contributed by atoms with Crippen molar-refractivity contribution in [2.24, 2.45) is 0 Å². The summed E-state index contributed by atoms with van der Waals surface area (Å²) in [6.07, 6.45) is 0. The van der Waals surface area contributed by atoms with Gasteiger partial charge in [-0.15, -0.1) is 0 Å². The Kier molecular flexibility index (Phi) is 5.02. The van der Waals surface area contributed by atoms with Crippen LogP contribution in [0.15, 0.2) is 29.2 Å². The van der Waals surface area contributed by atoms with Gasteiger partial charge in [0.1, 0.15) is 13.3 Å². The largest absolute Gasteiger partial charge is 0.250 e. The molecule has 0 N–H and O–H groups in total. The lowest BCUT2D eigenvalue weighted by molar-refractivity contribution is 0.325. The van der Waals surface area contributed by atoms with Gasteiger partial charge in [-0.3, -0.25) is 0 Å². The molecule has 0 saturated carbocycles. The van der Waals surface area contributed by atoms with Crippen LogP contribution in [-0.2, 0) is 10.0 Å². The number of rotatable bonds is 6. The number of hydrogen-bond donors (Lipinski definition) is 0. The molecule has 0 aliphatic rings. The molecule has 0 heterocycles. The zero-order chi connectivity index (χ0) is 12.9. The monoisotopic (exact) mass is 263 g/mol. The van der Waals surface area contributed by atoms with E-state index in [1.807, 2.05) is 6.92 Å². The number of hydrogen-bond acceptors (Lipinski definition) is 2. The highest BCUT2D eigenvalue weighted by Gasteiger charge is 2.23. The van der Waals surface area contributed by atoms with Crippen molar-refractivity contribution < 1.29 is 17.2 Å². The maximum Gasteiger partial charge on any atom is 0.243 e. The molecule has 6 heteroatoms. The van der Waals surface area contributed by atoms with Crippen molar-refractivity contribution >= 4 is 10.0 Å². The fourth-order valence-corrected chi connectivity index (χ4v) is 2.80. The Balaban J connectivity index is 3.02. The van der Waals surface area contributed by atoms with E-state index in [-0.39, 0.29) is 18.0 Å². The summed E-state index contributed by atoms with van der Waals surface area (Å²) in [7, 11) is -3.79. The second-order valence-corrected chi connectivity index (χ2v) is 5.53. The Labute approximate surface area is 100 Å². The molecule has 0 atom stereocenters. The summed E-state index contributed by atoms with van der Waals surface area (Å²) in [5.41, 5.74) is 0.923. The van der Waals surface area contributed by atoms with E-state index in [4.69, 9.17) is 0 Å². The first-order valence-electron chi connectivity index (χ1n) is 5.21. The lowest BCUT2D eigenvalue weighted by Crippen LogP contribution is -2.34. The molecule has 17 heavy (non-hydrogen) atoms. The SMILES string of the molecule is Cc1ccc(S(=O)(=O)N(CCF)CCF)cc1. The van der Waals surface area contributed by atoms with Crippen LogP contribution in [0.25, 0.3) is 0 Å². The first kappa shape index (κ1) is 14.1. The zero-order valence-corrected chi connectivity index (χ0v) is 10.4. The third-order valence-corrected chi connectivity index (χ3v) is 4.24. The van der Waals surface area contributed by atoms with Gasteiger partial charge in [0.15, 0.2) is 0 Å². The third kappa shape index (κ3) is 3.47. The average Bonchev–Trinajstić information content (AvgIpc) is 2.29. The molecule has 0 radical (unpaired) electrons. The molecule has 0 aromatic heterocycles. The molecule has 3 nitrogen and oxygen atoms in total. The third-order valence-electron chi connectivity index (χ3n) is 2.33. The molecule has 0 amide bonds. The second-order valence-electron chi connectivity index (χ2n) is 3.60. The highest BCUT2D eigenvalue weighted by Crippen LogP contribution is 2.16. The lowest BCUT2D eigenvalue weighted by Gasteiger charge is -2.19. The minimum atomic E-state index is -3.79. The number of benzene rings is 1. The molecule has 96 valence electrons. The van der Waals surface area contributed by atoms with Crippen LogP contribution in [0.4, 0.5) is 8.78 Å². The predicted octanol–water partition coefficient (Wildman–Crippen LogP) is 1.92. The minimum Gasteiger partial charge on any atom is -0.250 e. The molecule has 0 bridgehead atoms. The quantitative estimate of drug-likeness (QED) is 0.786. The van der Waals surface area contributed by atoms with Gasteiger partial charge in [-0.05, 0) is 19.1 Å². The van der Waals surface area contributed by atoms with Crippen molar-refractivity contribution in [2.45, 2.75) is 11.8 Å². The fraction of sp³-hybridized carbons (Fsp3) is 0.455. The fourth-order valence-electron chi connectivity index (χ4n) is 1.40. The summed E-state index contributed by atoms with van der Waals surface area (Å²) in [4.78, 5) is 0.0602. The highest BCUT2D eigenvalue weighted by molar-refractivity contribution is 7.89. The molecular formula is C11H15F2NO2S. The Morgan fingerprint density at radius 1 is 1.06 bits per heavy atom. The topological polar surface area (TPSA) is 37.4 Å². The molecule has 1 aromatic carbocycles. The molecule has 0 spiro atoms. The van der Waals surface area contributed by atoms with Crippen LogP contribution in [0.5, 0.6) is 0 Å². The molecule has 0 saturated heterocycles. The van der Waals surface area contributed by atoms with Gasteiger partial charge in [0, 0.05) is 13.1 Å². The summed E-state index contributed by atoms with van der Waals surface area (Å²) in [6.45, 7) is -0.465. The van der Waals surface area contributed by atoms with E-state index in [0.717, 1.165) is 9.87 Å². The van der Waals surface area contributed by atoms with Crippen molar-refractivity contribution in [3.05, 3.63) is 29.8 Å². The van der Waals surface area contributed by atoms with Crippen molar-refractivity contribution in [3.8, 4) is 0 Å². The van der Waals surface area contributed by atoms with Crippen LogP contribution in [-0.4, -0.2) is 39.2 Å². The van der Waals surface area contributed by atoms with Crippen LogP contribution in [0.3, 0.4) is 0 Å². The highest BCUT2D eigenvalue weighted by atomic mass is 32.2. The molecule has 0 aliphatic heterocycles. The van der Waals surface area contributed by atoms with Gasteiger partial charge >= 0.3 is 0 Å². The first-order valence-corrected chi connectivity index (χ1v) is 6.65. The molecular weight excluding hydrogens is 248 g/mol. The molecule has 0 fully saturated rings. The maximum atomic E-state index is 12.2. The summed E-state index contributed by atoms with van der Waals surface area (Å²) < 4.78 is 49.3. The molecule has 1 rings (SSSR count). The summed E-state index contributed by atoms with van der Waals surface area (Å²) in [6, 6.07) is 6.17. The first-order chi connectivity index (χ1) is 8.02. The molecule has 0 aliphatic carbocycles. The van der Waals surface area contributed by atoms with Crippen LogP contribution >= 0.6 is 0 Å². The van der Waals surface area contributed by atoms with Gasteiger partial charge in [-0.2, -0.15) is 4.31 Å². The van der Waals surface area contributed by atoms with Crippen molar-refractivity contribution in [1.29, 1.82) is 0 Å². The smallest absolute Gasteiger partial charge is 0.243 e. The Morgan fingerprint density at radius 2 is 1.53 bits per heavy atom. The van der Waals surface area contributed by atoms with E-state index >= 15 is 0 Å². The van der Waals surface area contributed by atoms with E-state index in [9.17, 15) is 17.2 Å². The maximum absolute atomic E-state index is 12.2. The summed E-state index contributed by atoms with van der Waals surface area (Å²) in [5.74, 6) is 0. The Hall–Kier alpha value is -1.01. The van der Waals surface area contributed by atoms with E-state index in [1.54, 1.807) is 12.1 Å². The number of alkyl halides is 2. The van der Waals surface area contributed by atoms with E-state index in [1.165, 1.54) is 12.1 Å². The molecule has 1 aromatic rings. The van der Waals surface area contributed by atoms with Gasteiger partial charge in [0.2, 0.25) is 10.0 Å². The van der Waals surface area contributed by atoms with E-state index in [0.29, 0.717) is 0 Å². The van der Waals surface area contributed by atoms with Crippen LogP contribution in [0.1, 0.15) is 5.56 Å². The standard InChI is InChI=1S/C11H15F2NO2S/c1-10-2-4-11(5-3-10)17(15,16)14(8-6-12)9-7-13/h2-5H,6-9H2,1H3. The van der Waals surface area contributed by atoms with Crippen molar-refractivity contribution in [3.63, 3.8) is 0 Å². The van der Waals surface area contributed by atoms with Gasteiger partial charge in [-0.1, -0.05) is 17.7 Å². The summed E-state index contributed by atoms with van der Waals surface area (Å²) >= 11 is 0. The normalized spacial score (nSPS) is 12.0. The minimum absolute atomic E-state index is 0.0602. The number of sulfonamides is 1. The van der Waals surface area contributed by atoms with Gasteiger partial charge in [0.25, 0.3) is 0 Å².